The zero-order chi connectivity index (χ0) is 15.6. The quantitative estimate of drug-likeness (QED) is 0.849. The summed E-state index contributed by atoms with van der Waals surface area (Å²) in [4.78, 5) is 21.9. The SMILES string of the molecule is O=C(c1cnccn1)N1CC[C@@H](S(=O)(=O)c2ccccc2)C1. The van der Waals surface area contributed by atoms with Gasteiger partial charge < -0.3 is 4.90 Å². The van der Waals surface area contributed by atoms with Crippen LogP contribution in [-0.2, 0) is 9.84 Å². The van der Waals surface area contributed by atoms with Crippen LogP contribution in [0.5, 0.6) is 0 Å². The van der Waals surface area contributed by atoms with E-state index >= 15 is 0 Å². The zero-order valence-corrected chi connectivity index (χ0v) is 12.6. The summed E-state index contributed by atoms with van der Waals surface area (Å²) in [6.45, 7) is 0.596. The van der Waals surface area contributed by atoms with Gasteiger partial charge in [-0.1, -0.05) is 18.2 Å². The van der Waals surface area contributed by atoms with Crippen LogP contribution in [0.2, 0.25) is 0 Å². The number of carbonyl (C=O) groups is 1. The summed E-state index contributed by atoms with van der Waals surface area (Å²) in [7, 11) is -3.42. The molecule has 1 aliphatic rings. The van der Waals surface area contributed by atoms with Gasteiger partial charge in [-0.15, -0.1) is 0 Å². The second-order valence-electron chi connectivity index (χ2n) is 5.11. The molecule has 0 spiro atoms. The van der Waals surface area contributed by atoms with Gasteiger partial charge in [0.15, 0.2) is 9.84 Å². The first-order valence-corrected chi connectivity index (χ1v) is 8.48. The Kier molecular flexibility index (Phi) is 3.89. The molecule has 0 saturated carbocycles. The van der Waals surface area contributed by atoms with Gasteiger partial charge in [0.05, 0.1) is 16.3 Å². The standard InChI is InChI=1S/C15H15N3O3S/c19-15(14-10-16-7-8-17-14)18-9-6-13(11-18)22(20,21)12-4-2-1-3-5-12/h1-5,7-8,10,13H,6,9,11H2/t13-/m1/s1. The van der Waals surface area contributed by atoms with Gasteiger partial charge in [-0.05, 0) is 18.6 Å². The molecule has 7 heteroatoms. The van der Waals surface area contributed by atoms with Crippen molar-refractivity contribution in [3.63, 3.8) is 0 Å². The van der Waals surface area contributed by atoms with Crippen molar-refractivity contribution in [1.82, 2.24) is 14.9 Å². The second-order valence-corrected chi connectivity index (χ2v) is 7.34. The van der Waals surface area contributed by atoms with E-state index in [1.807, 2.05) is 0 Å². The lowest BCUT2D eigenvalue weighted by molar-refractivity contribution is 0.0787. The van der Waals surface area contributed by atoms with Gasteiger partial charge in [0, 0.05) is 25.5 Å². The predicted octanol–water partition coefficient (Wildman–Crippen LogP) is 1.17. The van der Waals surface area contributed by atoms with Crippen LogP contribution in [-0.4, -0.2) is 47.5 Å². The molecule has 0 unspecified atom stereocenters. The largest absolute Gasteiger partial charge is 0.336 e. The van der Waals surface area contributed by atoms with Crippen molar-refractivity contribution in [1.29, 1.82) is 0 Å². The molecule has 1 amide bonds. The van der Waals surface area contributed by atoms with Crippen molar-refractivity contribution >= 4 is 15.7 Å². The number of sulfone groups is 1. The molecule has 1 aliphatic heterocycles. The fraction of sp³-hybridized carbons (Fsp3) is 0.267. The normalized spacial score (nSPS) is 18.4. The Balaban J connectivity index is 1.77. The number of rotatable bonds is 3. The highest BCUT2D eigenvalue weighted by atomic mass is 32.2. The molecule has 6 nitrogen and oxygen atoms in total. The minimum atomic E-state index is -3.42. The van der Waals surface area contributed by atoms with Gasteiger partial charge in [0.1, 0.15) is 5.69 Å². The molecular weight excluding hydrogens is 302 g/mol. The minimum absolute atomic E-state index is 0.187. The number of benzene rings is 1. The van der Waals surface area contributed by atoms with Crippen LogP contribution in [0.3, 0.4) is 0 Å². The molecule has 1 aromatic heterocycles. The van der Waals surface area contributed by atoms with Crippen LogP contribution in [0.4, 0.5) is 0 Å². The molecule has 2 heterocycles. The number of likely N-dealkylation sites (tertiary alicyclic amines) is 1. The Bertz CT molecular complexity index is 763. The number of carbonyl (C=O) groups excluding carboxylic acids is 1. The van der Waals surface area contributed by atoms with E-state index < -0.39 is 15.1 Å². The lowest BCUT2D eigenvalue weighted by Gasteiger charge is -2.16. The van der Waals surface area contributed by atoms with Crippen molar-refractivity contribution in [3.8, 4) is 0 Å². The van der Waals surface area contributed by atoms with Crippen molar-refractivity contribution in [2.45, 2.75) is 16.6 Å². The molecule has 0 N–H and O–H groups in total. The summed E-state index contributed by atoms with van der Waals surface area (Å²) >= 11 is 0. The van der Waals surface area contributed by atoms with Crippen LogP contribution in [0.1, 0.15) is 16.9 Å². The highest BCUT2D eigenvalue weighted by Gasteiger charge is 2.36. The summed E-state index contributed by atoms with van der Waals surface area (Å²) in [6, 6.07) is 8.34. The maximum Gasteiger partial charge on any atom is 0.274 e. The minimum Gasteiger partial charge on any atom is -0.336 e. The Labute approximate surface area is 128 Å². The predicted molar refractivity (Wildman–Crippen MR) is 80.0 cm³/mol. The van der Waals surface area contributed by atoms with E-state index in [9.17, 15) is 13.2 Å². The maximum absolute atomic E-state index is 12.6. The van der Waals surface area contributed by atoms with E-state index in [4.69, 9.17) is 0 Å². The van der Waals surface area contributed by atoms with E-state index in [0.717, 1.165) is 0 Å². The van der Waals surface area contributed by atoms with Crippen molar-refractivity contribution < 1.29 is 13.2 Å². The lowest BCUT2D eigenvalue weighted by atomic mass is 10.4. The summed E-state index contributed by atoms with van der Waals surface area (Å²) in [5, 5.41) is -0.574. The number of amides is 1. The van der Waals surface area contributed by atoms with E-state index in [1.54, 1.807) is 30.3 Å². The number of aromatic nitrogens is 2. The summed E-state index contributed by atoms with van der Waals surface area (Å²) in [5.41, 5.74) is 0.236. The van der Waals surface area contributed by atoms with Gasteiger partial charge in [-0.3, -0.25) is 9.78 Å². The molecule has 3 rings (SSSR count). The average molecular weight is 317 g/mol. The zero-order valence-electron chi connectivity index (χ0n) is 11.8. The Morgan fingerprint density at radius 3 is 2.64 bits per heavy atom. The third kappa shape index (κ3) is 2.71. The van der Waals surface area contributed by atoms with Crippen LogP contribution in [0, 0.1) is 0 Å². The Hall–Kier alpha value is -2.28. The summed E-state index contributed by atoms with van der Waals surface area (Å²) in [6.07, 6.45) is 4.76. The third-order valence-electron chi connectivity index (χ3n) is 3.73. The van der Waals surface area contributed by atoms with Crippen LogP contribution in [0.15, 0.2) is 53.8 Å². The summed E-state index contributed by atoms with van der Waals surface area (Å²) < 4.78 is 25.1. The number of hydrogen-bond acceptors (Lipinski definition) is 5. The lowest BCUT2D eigenvalue weighted by Crippen LogP contribution is -2.32. The van der Waals surface area contributed by atoms with Crippen LogP contribution < -0.4 is 0 Å². The second kappa shape index (κ2) is 5.84. The average Bonchev–Trinajstić information content (AvgIpc) is 3.06. The molecule has 0 radical (unpaired) electrons. The topological polar surface area (TPSA) is 80.2 Å². The van der Waals surface area contributed by atoms with E-state index in [0.29, 0.717) is 17.9 Å². The van der Waals surface area contributed by atoms with E-state index in [-0.39, 0.29) is 18.1 Å². The van der Waals surface area contributed by atoms with Gasteiger partial charge >= 0.3 is 0 Å². The first-order valence-electron chi connectivity index (χ1n) is 6.93. The van der Waals surface area contributed by atoms with Crippen molar-refractivity contribution in [2.75, 3.05) is 13.1 Å². The molecule has 22 heavy (non-hydrogen) atoms. The fourth-order valence-corrected chi connectivity index (χ4v) is 4.25. The highest BCUT2D eigenvalue weighted by Crippen LogP contribution is 2.24. The smallest absolute Gasteiger partial charge is 0.274 e. The van der Waals surface area contributed by atoms with Crippen LogP contribution >= 0.6 is 0 Å². The first-order chi connectivity index (χ1) is 10.6. The molecule has 114 valence electrons. The molecule has 1 saturated heterocycles. The highest BCUT2D eigenvalue weighted by molar-refractivity contribution is 7.92. The van der Waals surface area contributed by atoms with Gasteiger partial charge in [-0.25, -0.2) is 13.4 Å². The number of nitrogens with zero attached hydrogens (tertiary/aromatic N) is 3. The van der Waals surface area contributed by atoms with Crippen molar-refractivity contribution in [3.05, 3.63) is 54.6 Å². The first kappa shape index (κ1) is 14.6. The molecule has 2 aromatic rings. The fourth-order valence-electron chi connectivity index (χ4n) is 2.54. The van der Waals surface area contributed by atoms with Gasteiger partial charge in [0.2, 0.25) is 0 Å². The van der Waals surface area contributed by atoms with Gasteiger partial charge in [0.25, 0.3) is 5.91 Å². The monoisotopic (exact) mass is 317 g/mol. The molecule has 1 aromatic carbocycles. The molecule has 1 fully saturated rings. The maximum atomic E-state index is 12.6. The van der Waals surface area contributed by atoms with E-state index in [1.165, 1.54) is 23.5 Å². The molecule has 0 bridgehead atoms. The van der Waals surface area contributed by atoms with Crippen LogP contribution in [0.25, 0.3) is 0 Å². The number of hydrogen-bond donors (Lipinski definition) is 0. The summed E-state index contributed by atoms with van der Waals surface area (Å²) in [5.74, 6) is -0.279. The van der Waals surface area contributed by atoms with Crippen molar-refractivity contribution in [2.24, 2.45) is 0 Å². The molecular formula is C15H15N3O3S. The van der Waals surface area contributed by atoms with Gasteiger partial charge in [-0.2, -0.15) is 0 Å². The molecule has 1 atom stereocenters. The third-order valence-corrected chi connectivity index (χ3v) is 5.92. The Morgan fingerprint density at radius 1 is 1.18 bits per heavy atom. The Morgan fingerprint density at radius 2 is 1.95 bits per heavy atom. The molecule has 0 aliphatic carbocycles. The van der Waals surface area contributed by atoms with E-state index in [2.05, 4.69) is 9.97 Å².